The first-order chi connectivity index (χ1) is 15.8. The molecule has 0 aliphatic carbocycles. The molecule has 10 nitrogen and oxygen atoms in total. The van der Waals surface area contributed by atoms with Gasteiger partial charge in [0.05, 0.1) is 18.3 Å². The molecule has 0 saturated carbocycles. The fourth-order valence-corrected chi connectivity index (χ4v) is 5.08. The predicted molar refractivity (Wildman–Crippen MR) is 126 cm³/mol. The number of carbonyl (C=O) groups excluding carboxylic acids is 3. The molecule has 2 aromatic rings. The standard InChI is InChI=1S/C21H29N5O5S2/c1-25(2)11-16(27)24-21-23-14(12-33-21)15-6-3-9-26(15)20(31)18(29)17(28)19(30)22-8-7-13-5-4-10-32-13/h4-5,10,12,15,17-18,28-29H,3,6-9,11H2,1-2H3,(H,22,30)(H,23,24,27)/t15-,17-,18-/m1/s1. The molecule has 0 spiro atoms. The van der Waals surface area contributed by atoms with Crippen molar-refractivity contribution in [3.63, 3.8) is 0 Å². The van der Waals surface area contributed by atoms with Crippen molar-refractivity contribution in [3.05, 3.63) is 33.5 Å². The highest BCUT2D eigenvalue weighted by Crippen LogP contribution is 2.34. The first kappa shape index (κ1) is 25.2. The maximum Gasteiger partial charge on any atom is 0.255 e. The smallest absolute Gasteiger partial charge is 0.255 e. The van der Waals surface area contributed by atoms with Gasteiger partial charge in [-0.2, -0.15) is 0 Å². The highest BCUT2D eigenvalue weighted by molar-refractivity contribution is 7.14. The van der Waals surface area contributed by atoms with Crippen molar-refractivity contribution in [1.29, 1.82) is 0 Å². The van der Waals surface area contributed by atoms with Crippen molar-refractivity contribution in [2.45, 2.75) is 37.5 Å². The number of hydrogen-bond acceptors (Lipinski definition) is 9. The Hall–Kier alpha value is -2.38. The molecule has 180 valence electrons. The summed E-state index contributed by atoms with van der Waals surface area (Å²) in [7, 11) is 3.58. The Morgan fingerprint density at radius 1 is 1.27 bits per heavy atom. The zero-order valence-electron chi connectivity index (χ0n) is 18.6. The molecule has 0 bridgehead atoms. The third-order valence-electron chi connectivity index (χ3n) is 5.18. The Morgan fingerprint density at radius 2 is 2.06 bits per heavy atom. The summed E-state index contributed by atoms with van der Waals surface area (Å²) in [6, 6.07) is 3.46. The fourth-order valence-electron chi connectivity index (χ4n) is 3.60. The number of aliphatic hydroxyl groups is 2. The number of likely N-dealkylation sites (tertiary alicyclic amines) is 1. The normalized spacial score (nSPS) is 17.7. The second-order valence-electron chi connectivity index (χ2n) is 8.06. The minimum absolute atomic E-state index is 0.191. The van der Waals surface area contributed by atoms with Crippen LogP contribution in [0, 0.1) is 0 Å². The second-order valence-corrected chi connectivity index (χ2v) is 9.95. The molecule has 1 aliphatic rings. The summed E-state index contributed by atoms with van der Waals surface area (Å²) in [5, 5.41) is 30.0. The van der Waals surface area contributed by atoms with E-state index in [4.69, 9.17) is 0 Å². The van der Waals surface area contributed by atoms with Crippen molar-refractivity contribution in [3.8, 4) is 0 Å². The average molecular weight is 496 g/mol. The number of amides is 3. The number of nitrogens with zero attached hydrogens (tertiary/aromatic N) is 3. The van der Waals surface area contributed by atoms with Crippen LogP contribution in [0.5, 0.6) is 0 Å². The first-order valence-corrected chi connectivity index (χ1v) is 12.4. The number of aromatic nitrogens is 1. The number of hydrogen-bond donors (Lipinski definition) is 4. The molecule has 4 N–H and O–H groups in total. The van der Waals surface area contributed by atoms with Crippen LogP contribution in [0.4, 0.5) is 5.13 Å². The van der Waals surface area contributed by atoms with Gasteiger partial charge in [-0.25, -0.2) is 4.98 Å². The molecule has 3 atom stereocenters. The number of rotatable bonds is 10. The number of carbonyl (C=O) groups is 3. The van der Waals surface area contributed by atoms with Crippen molar-refractivity contribution in [2.24, 2.45) is 0 Å². The van der Waals surface area contributed by atoms with Gasteiger partial charge in [-0.15, -0.1) is 22.7 Å². The second kappa shape index (κ2) is 11.7. The van der Waals surface area contributed by atoms with Crippen LogP contribution < -0.4 is 10.6 Å². The Kier molecular flexibility index (Phi) is 8.92. The third kappa shape index (κ3) is 6.81. The Labute approximate surface area is 200 Å². The predicted octanol–water partition coefficient (Wildman–Crippen LogP) is 0.449. The number of likely N-dealkylation sites (N-methyl/N-ethyl adjacent to an activating group) is 1. The van der Waals surface area contributed by atoms with Crippen LogP contribution >= 0.6 is 22.7 Å². The molecule has 3 amide bonds. The Balaban J connectivity index is 1.56. The molecule has 33 heavy (non-hydrogen) atoms. The van der Waals surface area contributed by atoms with E-state index in [1.165, 1.54) is 16.2 Å². The van der Waals surface area contributed by atoms with E-state index in [1.807, 2.05) is 17.5 Å². The van der Waals surface area contributed by atoms with Gasteiger partial charge in [0.15, 0.2) is 17.3 Å². The van der Waals surface area contributed by atoms with Gasteiger partial charge in [-0.05, 0) is 44.8 Å². The van der Waals surface area contributed by atoms with E-state index in [2.05, 4.69) is 15.6 Å². The van der Waals surface area contributed by atoms with Gasteiger partial charge in [-0.3, -0.25) is 14.4 Å². The van der Waals surface area contributed by atoms with E-state index in [1.54, 1.807) is 35.7 Å². The van der Waals surface area contributed by atoms with Crippen molar-refractivity contribution in [1.82, 2.24) is 20.1 Å². The van der Waals surface area contributed by atoms with Crippen molar-refractivity contribution < 1.29 is 24.6 Å². The van der Waals surface area contributed by atoms with Gasteiger partial charge >= 0.3 is 0 Å². The Bertz CT molecular complexity index is 949. The maximum atomic E-state index is 12.9. The molecule has 0 unspecified atom stereocenters. The first-order valence-electron chi connectivity index (χ1n) is 10.6. The van der Waals surface area contributed by atoms with Crippen LogP contribution in [0.3, 0.4) is 0 Å². The summed E-state index contributed by atoms with van der Waals surface area (Å²) < 4.78 is 0. The van der Waals surface area contributed by atoms with E-state index >= 15 is 0 Å². The zero-order valence-corrected chi connectivity index (χ0v) is 20.2. The van der Waals surface area contributed by atoms with Gasteiger partial charge in [0.2, 0.25) is 5.91 Å². The van der Waals surface area contributed by atoms with Gasteiger partial charge in [-0.1, -0.05) is 6.07 Å². The molecular formula is C21H29N5O5S2. The lowest BCUT2D eigenvalue weighted by Crippen LogP contribution is -2.50. The van der Waals surface area contributed by atoms with Crippen LogP contribution in [0.1, 0.15) is 29.5 Å². The van der Waals surface area contributed by atoms with E-state index in [0.29, 0.717) is 43.2 Å². The summed E-state index contributed by atoms with van der Waals surface area (Å²) in [4.78, 5) is 45.7. The lowest BCUT2D eigenvalue weighted by molar-refractivity contribution is -0.153. The van der Waals surface area contributed by atoms with Gasteiger partial charge in [0.25, 0.3) is 11.8 Å². The molecule has 3 heterocycles. The van der Waals surface area contributed by atoms with Gasteiger partial charge < -0.3 is 30.6 Å². The third-order valence-corrected chi connectivity index (χ3v) is 6.89. The SMILES string of the molecule is CN(C)CC(=O)Nc1nc([C@H]2CCCN2C(=O)[C@H](O)[C@@H](O)C(=O)NCCc2cccs2)cs1. The molecule has 3 rings (SSSR count). The summed E-state index contributed by atoms with van der Waals surface area (Å²) in [5.74, 6) is -1.70. The Morgan fingerprint density at radius 3 is 2.76 bits per heavy atom. The monoisotopic (exact) mass is 495 g/mol. The van der Waals surface area contributed by atoms with Crippen molar-refractivity contribution in [2.75, 3.05) is 39.0 Å². The molecule has 2 aromatic heterocycles. The molecular weight excluding hydrogens is 466 g/mol. The van der Waals surface area contributed by atoms with E-state index in [-0.39, 0.29) is 12.5 Å². The summed E-state index contributed by atoms with van der Waals surface area (Å²) in [6.45, 7) is 0.903. The fraction of sp³-hybridized carbons (Fsp3) is 0.524. The number of nitrogens with one attached hydrogen (secondary N) is 2. The quantitative estimate of drug-likeness (QED) is 0.376. The van der Waals surface area contributed by atoms with Crippen molar-refractivity contribution >= 4 is 45.5 Å². The topological polar surface area (TPSA) is 135 Å². The highest BCUT2D eigenvalue weighted by Gasteiger charge is 2.39. The molecule has 1 fully saturated rings. The van der Waals surface area contributed by atoms with E-state index in [0.717, 1.165) is 4.88 Å². The van der Waals surface area contributed by atoms with Crippen LogP contribution in [0.15, 0.2) is 22.9 Å². The van der Waals surface area contributed by atoms with Gasteiger partial charge in [0.1, 0.15) is 0 Å². The molecule has 12 heteroatoms. The number of anilines is 1. The summed E-state index contributed by atoms with van der Waals surface area (Å²) in [5.41, 5.74) is 0.605. The zero-order chi connectivity index (χ0) is 24.0. The summed E-state index contributed by atoms with van der Waals surface area (Å²) >= 11 is 2.82. The van der Waals surface area contributed by atoms with Crippen LogP contribution in [-0.2, 0) is 20.8 Å². The minimum atomic E-state index is -1.87. The van der Waals surface area contributed by atoms with E-state index in [9.17, 15) is 24.6 Å². The molecule has 1 aliphatic heterocycles. The lowest BCUT2D eigenvalue weighted by Gasteiger charge is -2.27. The van der Waals surface area contributed by atoms with Gasteiger partial charge in [0, 0.05) is 23.3 Å². The lowest BCUT2D eigenvalue weighted by atomic mass is 10.1. The summed E-state index contributed by atoms with van der Waals surface area (Å²) in [6.07, 6.45) is -1.79. The minimum Gasteiger partial charge on any atom is -0.380 e. The highest BCUT2D eigenvalue weighted by atomic mass is 32.1. The molecule has 0 radical (unpaired) electrons. The van der Waals surface area contributed by atoms with Crippen LogP contribution in [-0.4, -0.2) is 88.7 Å². The largest absolute Gasteiger partial charge is 0.380 e. The van der Waals surface area contributed by atoms with Crippen LogP contribution in [0.2, 0.25) is 0 Å². The van der Waals surface area contributed by atoms with Crippen LogP contribution in [0.25, 0.3) is 0 Å². The molecule has 0 aromatic carbocycles. The number of thiophene rings is 1. The van der Waals surface area contributed by atoms with E-state index < -0.39 is 30.1 Å². The number of aliphatic hydroxyl groups excluding tert-OH is 2. The molecule has 1 saturated heterocycles. The maximum absolute atomic E-state index is 12.9. The number of thiazole rings is 1. The average Bonchev–Trinajstić information content (AvgIpc) is 3.52.